The van der Waals surface area contributed by atoms with E-state index in [1.165, 1.54) is 6.08 Å². The Morgan fingerprint density at radius 1 is 1.15 bits per heavy atom. The van der Waals surface area contributed by atoms with Gasteiger partial charge in [0, 0.05) is 18.2 Å². The van der Waals surface area contributed by atoms with E-state index >= 15 is 0 Å². The molecule has 0 bridgehead atoms. The number of ether oxygens (including phenoxy) is 1. The summed E-state index contributed by atoms with van der Waals surface area (Å²) in [6, 6.07) is 8.96. The SMILES string of the molecule is C/C=C/C=C/CN(C(=O)c1ccccc1)[C@H](/C=C/C(=O)OCC)C(C)C. The minimum atomic E-state index is -0.394. The van der Waals surface area contributed by atoms with Gasteiger partial charge in [-0.3, -0.25) is 4.79 Å². The first-order valence-electron chi connectivity index (χ1n) is 9.00. The Morgan fingerprint density at radius 3 is 2.42 bits per heavy atom. The zero-order chi connectivity index (χ0) is 19.4. The number of nitrogens with zero attached hydrogens (tertiary/aromatic N) is 1. The molecule has 0 saturated heterocycles. The van der Waals surface area contributed by atoms with Crippen LogP contribution in [0.3, 0.4) is 0 Å². The van der Waals surface area contributed by atoms with E-state index in [4.69, 9.17) is 4.74 Å². The van der Waals surface area contributed by atoms with Crippen LogP contribution < -0.4 is 0 Å². The zero-order valence-corrected chi connectivity index (χ0v) is 16.1. The maximum absolute atomic E-state index is 13.0. The molecule has 4 heteroatoms. The molecular weight excluding hydrogens is 326 g/mol. The first-order valence-corrected chi connectivity index (χ1v) is 9.00. The van der Waals surface area contributed by atoms with E-state index in [9.17, 15) is 9.59 Å². The van der Waals surface area contributed by atoms with Crippen LogP contribution in [0.4, 0.5) is 0 Å². The molecule has 0 spiro atoms. The number of esters is 1. The lowest BCUT2D eigenvalue weighted by molar-refractivity contribution is -0.137. The van der Waals surface area contributed by atoms with Crippen LogP contribution in [0, 0.1) is 5.92 Å². The van der Waals surface area contributed by atoms with Gasteiger partial charge < -0.3 is 9.64 Å². The van der Waals surface area contributed by atoms with Gasteiger partial charge in [-0.25, -0.2) is 4.79 Å². The summed E-state index contributed by atoms with van der Waals surface area (Å²) in [5.74, 6) is -0.318. The molecule has 4 nitrogen and oxygen atoms in total. The van der Waals surface area contributed by atoms with Gasteiger partial charge in [0.15, 0.2) is 0 Å². The number of allylic oxidation sites excluding steroid dienone is 3. The molecule has 0 aliphatic carbocycles. The Labute approximate surface area is 156 Å². The van der Waals surface area contributed by atoms with E-state index < -0.39 is 5.97 Å². The molecule has 0 saturated carbocycles. The fourth-order valence-corrected chi connectivity index (χ4v) is 2.50. The lowest BCUT2D eigenvalue weighted by atomic mass is 10.0. The minimum Gasteiger partial charge on any atom is -0.463 e. The minimum absolute atomic E-state index is 0.0667. The number of rotatable bonds is 9. The molecule has 1 aromatic rings. The van der Waals surface area contributed by atoms with Crippen LogP contribution in [0.2, 0.25) is 0 Å². The number of carbonyl (C=O) groups is 2. The van der Waals surface area contributed by atoms with Gasteiger partial charge >= 0.3 is 5.97 Å². The molecule has 0 aliphatic heterocycles. The Hall–Kier alpha value is -2.62. The average molecular weight is 355 g/mol. The monoisotopic (exact) mass is 355 g/mol. The summed E-state index contributed by atoms with van der Waals surface area (Å²) in [5, 5.41) is 0. The normalized spacial score (nSPS) is 13.0. The maximum Gasteiger partial charge on any atom is 0.330 e. The van der Waals surface area contributed by atoms with Crippen LogP contribution in [-0.4, -0.2) is 36.0 Å². The molecule has 0 fully saturated rings. The van der Waals surface area contributed by atoms with Gasteiger partial charge in [-0.2, -0.15) is 0 Å². The first kappa shape index (κ1) is 21.4. The van der Waals surface area contributed by atoms with Crippen molar-refractivity contribution < 1.29 is 14.3 Å². The molecule has 0 aromatic heterocycles. The predicted molar refractivity (Wildman–Crippen MR) is 106 cm³/mol. The Morgan fingerprint density at radius 2 is 1.85 bits per heavy atom. The second kappa shape index (κ2) is 11.9. The molecular formula is C22H29NO3. The van der Waals surface area contributed by atoms with Crippen LogP contribution >= 0.6 is 0 Å². The van der Waals surface area contributed by atoms with Crippen molar-refractivity contribution in [3.05, 3.63) is 72.4 Å². The third-order valence-electron chi connectivity index (χ3n) is 3.78. The lowest BCUT2D eigenvalue weighted by Gasteiger charge is -2.32. The summed E-state index contributed by atoms with van der Waals surface area (Å²) < 4.78 is 4.96. The highest BCUT2D eigenvalue weighted by Crippen LogP contribution is 2.17. The molecule has 0 radical (unpaired) electrons. The molecule has 0 heterocycles. The van der Waals surface area contributed by atoms with Gasteiger partial charge in [-0.05, 0) is 31.9 Å². The molecule has 1 aromatic carbocycles. The summed E-state index contributed by atoms with van der Waals surface area (Å²) in [6.45, 7) is 8.55. The predicted octanol–water partition coefficient (Wildman–Crippen LogP) is 4.41. The fourth-order valence-electron chi connectivity index (χ4n) is 2.50. The molecule has 1 amide bonds. The number of carbonyl (C=O) groups excluding carboxylic acids is 2. The number of hydrogen-bond donors (Lipinski definition) is 0. The second-order valence-electron chi connectivity index (χ2n) is 6.12. The molecule has 0 N–H and O–H groups in total. The lowest BCUT2D eigenvalue weighted by Crippen LogP contribution is -2.42. The van der Waals surface area contributed by atoms with Crippen LogP contribution in [0.5, 0.6) is 0 Å². The van der Waals surface area contributed by atoms with E-state index in [0.29, 0.717) is 18.7 Å². The van der Waals surface area contributed by atoms with Gasteiger partial charge in [0.05, 0.1) is 12.6 Å². The Bertz CT molecular complexity index is 645. The molecule has 140 valence electrons. The van der Waals surface area contributed by atoms with Crippen molar-refractivity contribution in [3.63, 3.8) is 0 Å². The van der Waals surface area contributed by atoms with Crippen molar-refractivity contribution >= 4 is 11.9 Å². The van der Waals surface area contributed by atoms with E-state index in [1.807, 2.05) is 63.3 Å². The number of benzene rings is 1. The highest BCUT2D eigenvalue weighted by molar-refractivity contribution is 5.94. The maximum atomic E-state index is 13.0. The summed E-state index contributed by atoms with van der Waals surface area (Å²) in [5.41, 5.74) is 0.627. The van der Waals surface area contributed by atoms with E-state index in [0.717, 1.165) is 0 Å². The average Bonchev–Trinajstić information content (AvgIpc) is 2.63. The zero-order valence-electron chi connectivity index (χ0n) is 16.1. The number of amides is 1. The highest BCUT2D eigenvalue weighted by Gasteiger charge is 2.24. The van der Waals surface area contributed by atoms with E-state index in [1.54, 1.807) is 30.0 Å². The van der Waals surface area contributed by atoms with Crippen LogP contribution in [0.25, 0.3) is 0 Å². The van der Waals surface area contributed by atoms with Gasteiger partial charge in [0.1, 0.15) is 0 Å². The molecule has 0 aliphatic rings. The molecule has 0 unspecified atom stereocenters. The molecule has 1 rings (SSSR count). The van der Waals surface area contributed by atoms with Gasteiger partial charge in [-0.1, -0.05) is 62.4 Å². The largest absolute Gasteiger partial charge is 0.463 e. The van der Waals surface area contributed by atoms with Crippen molar-refractivity contribution in [1.29, 1.82) is 0 Å². The smallest absolute Gasteiger partial charge is 0.330 e. The van der Waals surface area contributed by atoms with Crippen molar-refractivity contribution in [1.82, 2.24) is 4.90 Å². The van der Waals surface area contributed by atoms with Crippen molar-refractivity contribution in [2.45, 2.75) is 33.7 Å². The summed E-state index contributed by atoms with van der Waals surface area (Å²) in [7, 11) is 0. The van der Waals surface area contributed by atoms with Crippen LogP contribution in [0.15, 0.2) is 66.8 Å². The Kier molecular flexibility index (Phi) is 9.77. The topological polar surface area (TPSA) is 46.6 Å². The van der Waals surface area contributed by atoms with Gasteiger partial charge in [0.2, 0.25) is 0 Å². The third-order valence-corrected chi connectivity index (χ3v) is 3.78. The fraction of sp³-hybridized carbons (Fsp3) is 0.364. The van der Waals surface area contributed by atoms with Crippen LogP contribution in [-0.2, 0) is 9.53 Å². The summed E-state index contributed by atoms with van der Waals surface area (Å²) in [6.07, 6.45) is 10.9. The third kappa shape index (κ3) is 7.09. The Balaban J connectivity index is 3.12. The molecule has 26 heavy (non-hydrogen) atoms. The van der Waals surface area contributed by atoms with Crippen molar-refractivity contribution in [2.24, 2.45) is 5.92 Å². The summed E-state index contributed by atoms with van der Waals surface area (Å²) in [4.78, 5) is 26.5. The van der Waals surface area contributed by atoms with Gasteiger partial charge in [0.25, 0.3) is 5.91 Å². The van der Waals surface area contributed by atoms with Crippen LogP contribution in [0.1, 0.15) is 38.1 Å². The second-order valence-corrected chi connectivity index (χ2v) is 6.12. The molecule has 1 atom stereocenters. The standard InChI is InChI=1S/C22H29NO3/c1-5-7-8-12-17-23(22(25)19-13-10-9-11-14-19)20(18(3)4)15-16-21(24)26-6-2/h5,7-16,18,20H,6,17H2,1-4H3/b7-5+,12-8+,16-15+/t20-/m1/s1. The van der Waals surface area contributed by atoms with E-state index in [-0.39, 0.29) is 17.9 Å². The summed E-state index contributed by atoms with van der Waals surface area (Å²) >= 11 is 0. The van der Waals surface area contributed by atoms with Gasteiger partial charge in [-0.15, -0.1) is 0 Å². The van der Waals surface area contributed by atoms with E-state index in [2.05, 4.69) is 0 Å². The highest BCUT2D eigenvalue weighted by atomic mass is 16.5. The number of hydrogen-bond acceptors (Lipinski definition) is 3. The van der Waals surface area contributed by atoms with Crippen molar-refractivity contribution in [2.75, 3.05) is 13.2 Å². The first-order chi connectivity index (χ1) is 12.5. The quantitative estimate of drug-likeness (QED) is 0.375. The van der Waals surface area contributed by atoms with Crippen molar-refractivity contribution in [3.8, 4) is 0 Å².